The van der Waals surface area contributed by atoms with E-state index in [1.807, 2.05) is 0 Å². The molecular formula is C19H16ClF3N4O2S2. The van der Waals surface area contributed by atoms with E-state index < -0.39 is 37.8 Å². The first kappa shape index (κ1) is 21.8. The fraction of sp³-hybridized carbons (Fsp3) is 0.263. The summed E-state index contributed by atoms with van der Waals surface area (Å²) in [4.78, 5) is 4.83. The molecule has 1 aromatic heterocycles. The molecule has 6 nitrogen and oxygen atoms in total. The standard InChI is InChI=1S/C19H16ClF3N4O2S2/c1-19(2)8-27(14-4-3-12(21)17(23)16(14)19)7-10-5-13(22)15(6-11(10)20)31(28,29)26-18-24-9-25-30-18/h3-6,9H,7-8H2,1-2H3,(H,24,25,26). The zero-order valence-electron chi connectivity index (χ0n) is 16.3. The van der Waals surface area contributed by atoms with E-state index in [0.29, 0.717) is 17.8 Å². The van der Waals surface area contributed by atoms with Crippen LogP contribution in [0.15, 0.2) is 35.5 Å². The van der Waals surface area contributed by atoms with Crippen LogP contribution < -0.4 is 9.62 Å². The molecule has 0 atom stereocenters. The van der Waals surface area contributed by atoms with Crippen LogP contribution in [0.4, 0.5) is 24.0 Å². The summed E-state index contributed by atoms with van der Waals surface area (Å²) in [6.45, 7) is 4.00. The third-order valence-electron chi connectivity index (χ3n) is 5.01. The van der Waals surface area contributed by atoms with Gasteiger partial charge in [0.2, 0.25) is 5.13 Å². The van der Waals surface area contributed by atoms with Crippen molar-refractivity contribution < 1.29 is 21.6 Å². The molecule has 1 N–H and O–H groups in total. The Morgan fingerprint density at radius 1 is 1.23 bits per heavy atom. The van der Waals surface area contributed by atoms with Gasteiger partial charge >= 0.3 is 0 Å². The third kappa shape index (κ3) is 3.97. The van der Waals surface area contributed by atoms with Crippen molar-refractivity contribution in [3.63, 3.8) is 0 Å². The van der Waals surface area contributed by atoms with E-state index in [9.17, 15) is 21.6 Å². The van der Waals surface area contributed by atoms with Crippen LogP contribution in [-0.4, -0.2) is 24.3 Å². The summed E-state index contributed by atoms with van der Waals surface area (Å²) in [6, 6.07) is 4.56. The van der Waals surface area contributed by atoms with Crippen molar-refractivity contribution in [3.8, 4) is 0 Å². The molecule has 3 aromatic rings. The van der Waals surface area contributed by atoms with Gasteiger partial charge in [0.25, 0.3) is 10.0 Å². The average molecular weight is 489 g/mol. The van der Waals surface area contributed by atoms with Crippen LogP contribution in [0.5, 0.6) is 0 Å². The largest absolute Gasteiger partial charge is 0.366 e. The lowest BCUT2D eigenvalue weighted by Gasteiger charge is -2.23. The second-order valence-corrected chi connectivity index (χ2v) is 10.6. The van der Waals surface area contributed by atoms with Gasteiger partial charge in [0.05, 0.1) is 0 Å². The van der Waals surface area contributed by atoms with E-state index in [2.05, 4.69) is 14.1 Å². The molecular weight excluding hydrogens is 473 g/mol. The lowest BCUT2D eigenvalue weighted by atomic mass is 9.86. The lowest BCUT2D eigenvalue weighted by molar-refractivity contribution is 0.465. The summed E-state index contributed by atoms with van der Waals surface area (Å²) in [6.07, 6.45) is 1.17. The van der Waals surface area contributed by atoms with E-state index in [1.54, 1.807) is 18.7 Å². The minimum Gasteiger partial charge on any atom is -0.366 e. The molecule has 31 heavy (non-hydrogen) atoms. The number of sulfonamides is 1. The Balaban J connectivity index is 1.66. The Morgan fingerprint density at radius 3 is 2.65 bits per heavy atom. The van der Waals surface area contributed by atoms with Gasteiger partial charge in [0.15, 0.2) is 11.6 Å². The van der Waals surface area contributed by atoms with Crippen LogP contribution in [0, 0.1) is 17.5 Å². The molecule has 0 bridgehead atoms. The van der Waals surface area contributed by atoms with E-state index in [-0.39, 0.29) is 22.3 Å². The van der Waals surface area contributed by atoms with Crippen molar-refractivity contribution >= 4 is 44.0 Å². The van der Waals surface area contributed by atoms with Crippen molar-refractivity contribution in [3.05, 3.63) is 64.2 Å². The predicted molar refractivity (Wildman–Crippen MR) is 113 cm³/mol. The van der Waals surface area contributed by atoms with E-state index in [0.717, 1.165) is 29.7 Å². The maximum Gasteiger partial charge on any atom is 0.266 e. The van der Waals surface area contributed by atoms with E-state index in [4.69, 9.17) is 11.6 Å². The van der Waals surface area contributed by atoms with Crippen LogP contribution in [0.25, 0.3) is 0 Å². The SMILES string of the molecule is CC1(C)CN(Cc2cc(F)c(S(=O)(=O)Nc3ncns3)cc2Cl)c2ccc(F)c(F)c21. The van der Waals surface area contributed by atoms with Crippen molar-refractivity contribution in [2.45, 2.75) is 30.7 Å². The topological polar surface area (TPSA) is 75.2 Å². The normalized spacial score (nSPS) is 15.2. The molecule has 2 heterocycles. The third-order valence-corrected chi connectivity index (χ3v) is 7.43. The van der Waals surface area contributed by atoms with Crippen LogP contribution in [-0.2, 0) is 22.0 Å². The summed E-state index contributed by atoms with van der Waals surface area (Å²) in [5.41, 5.74) is 0.351. The number of rotatable bonds is 5. The van der Waals surface area contributed by atoms with Crippen molar-refractivity contribution in [1.29, 1.82) is 0 Å². The van der Waals surface area contributed by atoms with Gasteiger partial charge in [0.1, 0.15) is 17.0 Å². The number of fused-ring (bicyclic) bond motifs is 1. The second kappa shape index (κ2) is 7.64. The van der Waals surface area contributed by atoms with Gasteiger partial charge in [-0.15, -0.1) is 0 Å². The van der Waals surface area contributed by atoms with Crippen molar-refractivity contribution in [1.82, 2.24) is 9.36 Å². The number of nitrogens with zero attached hydrogens (tertiary/aromatic N) is 3. The minimum absolute atomic E-state index is 0.00948. The van der Waals surface area contributed by atoms with Gasteiger partial charge in [-0.2, -0.15) is 4.37 Å². The monoisotopic (exact) mass is 488 g/mol. The lowest BCUT2D eigenvalue weighted by Crippen LogP contribution is -2.28. The Kier molecular flexibility index (Phi) is 5.39. The first-order valence-corrected chi connectivity index (χ1v) is 11.6. The van der Waals surface area contributed by atoms with Gasteiger partial charge in [-0.3, -0.25) is 4.72 Å². The summed E-state index contributed by atoms with van der Waals surface area (Å²) in [5, 5.41) is 0.0117. The molecule has 1 aliphatic heterocycles. The number of halogens is 4. The highest BCUT2D eigenvalue weighted by Gasteiger charge is 2.39. The van der Waals surface area contributed by atoms with Gasteiger partial charge in [-0.1, -0.05) is 25.4 Å². The zero-order chi connectivity index (χ0) is 22.6. The van der Waals surface area contributed by atoms with Crippen LogP contribution in [0.2, 0.25) is 5.02 Å². The molecule has 4 rings (SSSR count). The number of benzene rings is 2. The minimum atomic E-state index is -4.26. The average Bonchev–Trinajstić information content (AvgIpc) is 3.26. The molecule has 164 valence electrons. The predicted octanol–water partition coefficient (Wildman–Crippen LogP) is 4.71. The van der Waals surface area contributed by atoms with Crippen molar-refractivity contribution in [2.24, 2.45) is 0 Å². The fourth-order valence-electron chi connectivity index (χ4n) is 3.72. The molecule has 0 spiro atoms. The fourth-order valence-corrected chi connectivity index (χ4v) is 5.76. The molecule has 0 fully saturated rings. The first-order chi connectivity index (χ1) is 14.5. The summed E-state index contributed by atoms with van der Waals surface area (Å²) < 4.78 is 73.7. The number of hydrogen-bond acceptors (Lipinski definition) is 6. The molecule has 12 heteroatoms. The molecule has 0 unspecified atom stereocenters. The highest BCUT2D eigenvalue weighted by molar-refractivity contribution is 7.93. The van der Waals surface area contributed by atoms with Gasteiger partial charge in [-0.25, -0.2) is 26.6 Å². The van der Waals surface area contributed by atoms with Gasteiger partial charge < -0.3 is 4.90 Å². The van der Waals surface area contributed by atoms with E-state index in [1.165, 1.54) is 12.4 Å². The first-order valence-electron chi connectivity index (χ1n) is 9.00. The summed E-state index contributed by atoms with van der Waals surface area (Å²) in [5.74, 6) is -2.85. The van der Waals surface area contributed by atoms with Crippen molar-refractivity contribution in [2.75, 3.05) is 16.2 Å². The second-order valence-electron chi connectivity index (χ2n) is 7.72. The van der Waals surface area contributed by atoms with Crippen LogP contribution in [0.3, 0.4) is 0 Å². The Morgan fingerprint density at radius 2 is 1.97 bits per heavy atom. The highest BCUT2D eigenvalue weighted by Crippen LogP contribution is 2.43. The molecule has 0 radical (unpaired) electrons. The number of hydrogen-bond donors (Lipinski definition) is 1. The highest BCUT2D eigenvalue weighted by atomic mass is 35.5. The van der Waals surface area contributed by atoms with E-state index >= 15 is 0 Å². The molecule has 2 aromatic carbocycles. The smallest absolute Gasteiger partial charge is 0.266 e. The quantitative estimate of drug-likeness (QED) is 0.563. The Hall–Kier alpha value is -2.37. The Bertz CT molecular complexity index is 1270. The van der Waals surface area contributed by atoms with Crippen LogP contribution in [0.1, 0.15) is 25.0 Å². The Labute approximate surface area is 185 Å². The number of nitrogens with one attached hydrogen (secondary N) is 1. The molecule has 1 aliphatic rings. The molecule has 0 aliphatic carbocycles. The number of aromatic nitrogens is 2. The number of anilines is 2. The maximum atomic E-state index is 14.8. The molecule has 0 saturated heterocycles. The summed E-state index contributed by atoms with van der Waals surface area (Å²) in [7, 11) is -4.26. The maximum absolute atomic E-state index is 14.8. The van der Waals surface area contributed by atoms with Crippen LogP contribution >= 0.6 is 23.1 Å². The zero-order valence-corrected chi connectivity index (χ0v) is 18.7. The molecule has 0 saturated carbocycles. The summed E-state index contributed by atoms with van der Waals surface area (Å²) >= 11 is 7.08. The van der Waals surface area contributed by atoms with Gasteiger partial charge in [0, 0.05) is 46.3 Å². The van der Waals surface area contributed by atoms with Gasteiger partial charge in [-0.05, 0) is 29.8 Å². The molecule has 0 amide bonds.